The first-order chi connectivity index (χ1) is 7.11. The molecule has 6 heteroatoms. The first kappa shape index (κ1) is 11.3. The molecule has 0 saturated carbocycles. The van der Waals surface area contributed by atoms with Crippen molar-refractivity contribution >= 4 is 5.69 Å². The van der Waals surface area contributed by atoms with E-state index in [-0.39, 0.29) is 0 Å². The molecule has 0 radical (unpaired) electrons. The Morgan fingerprint density at radius 1 is 1.53 bits per heavy atom. The van der Waals surface area contributed by atoms with Gasteiger partial charge in [0.2, 0.25) is 6.54 Å². The average molecular weight is 212 g/mol. The molecule has 15 heavy (non-hydrogen) atoms. The Balaban J connectivity index is 2.53. The van der Waals surface area contributed by atoms with Crippen LogP contribution in [0.15, 0.2) is 24.3 Å². The standard InChI is InChI=1S/C9H12N2O4/c1-15-8-4-2-7(3-5-8)10-9(12)6-11(13)14/h2-5,9-10,12H,6H2,1H3. The van der Waals surface area contributed by atoms with Gasteiger partial charge in [-0.05, 0) is 24.3 Å². The van der Waals surface area contributed by atoms with Gasteiger partial charge < -0.3 is 15.2 Å². The molecule has 1 atom stereocenters. The van der Waals surface area contributed by atoms with Crippen molar-refractivity contribution in [2.75, 3.05) is 19.0 Å². The molecule has 0 aliphatic rings. The van der Waals surface area contributed by atoms with Crippen LogP contribution < -0.4 is 10.1 Å². The van der Waals surface area contributed by atoms with Gasteiger partial charge in [-0.1, -0.05) is 0 Å². The van der Waals surface area contributed by atoms with E-state index in [1.165, 1.54) is 0 Å². The topological polar surface area (TPSA) is 84.6 Å². The van der Waals surface area contributed by atoms with Crippen LogP contribution in [0.1, 0.15) is 0 Å². The lowest BCUT2D eigenvalue weighted by atomic mass is 10.3. The summed E-state index contributed by atoms with van der Waals surface area (Å²) in [6.07, 6.45) is -1.19. The molecule has 6 nitrogen and oxygen atoms in total. The minimum atomic E-state index is -1.19. The van der Waals surface area contributed by atoms with Crippen molar-refractivity contribution in [2.24, 2.45) is 0 Å². The van der Waals surface area contributed by atoms with E-state index < -0.39 is 17.7 Å². The number of nitrogens with one attached hydrogen (secondary N) is 1. The molecule has 0 spiro atoms. The third-order valence-corrected chi connectivity index (χ3v) is 1.75. The maximum Gasteiger partial charge on any atom is 0.247 e. The third kappa shape index (κ3) is 3.82. The van der Waals surface area contributed by atoms with Crippen LogP contribution in [0.25, 0.3) is 0 Å². The number of rotatable bonds is 5. The van der Waals surface area contributed by atoms with E-state index >= 15 is 0 Å². The summed E-state index contributed by atoms with van der Waals surface area (Å²) in [5, 5.41) is 21.9. The lowest BCUT2D eigenvalue weighted by Gasteiger charge is -2.10. The summed E-state index contributed by atoms with van der Waals surface area (Å²) in [5.41, 5.74) is 0.602. The fourth-order valence-corrected chi connectivity index (χ4v) is 1.07. The molecule has 1 aromatic carbocycles. The maximum atomic E-state index is 10.1. The minimum absolute atomic E-state index is 0.536. The molecule has 0 aromatic heterocycles. The van der Waals surface area contributed by atoms with Gasteiger partial charge in [-0.15, -0.1) is 0 Å². The number of aliphatic hydroxyl groups excluding tert-OH is 1. The van der Waals surface area contributed by atoms with Crippen LogP contribution in [0.5, 0.6) is 5.75 Å². The number of benzene rings is 1. The zero-order valence-corrected chi connectivity index (χ0v) is 8.21. The summed E-state index contributed by atoms with van der Waals surface area (Å²) in [6.45, 7) is -0.536. The van der Waals surface area contributed by atoms with Gasteiger partial charge in [-0.2, -0.15) is 0 Å². The molecule has 2 N–H and O–H groups in total. The van der Waals surface area contributed by atoms with Crippen LogP contribution >= 0.6 is 0 Å². The second kappa shape index (κ2) is 5.16. The van der Waals surface area contributed by atoms with Crippen molar-refractivity contribution in [3.05, 3.63) is 34.4 Å². The Labute approximate surface area is 86.6 Å². The van der Waals surface area contributed by atoms with Gasteiger partial charge in [0.05, 0.1) is 7.11 Å². The van der Waals surface area contributed by atoms with Gasteiger partial charge in [0.15, 0.2) is 6.23 Å². The van der Waals surface area contributed by atoms with E-state index in [1.54, 1.807) is 31.4 Å². The van der Waals surface area contributed by atoms with Gasteiger partial charge in [-0.25, -0.2) is 0 Å². The first-order valence-corrected chi connectivity index (χ1v) is 4.32. The zero-order chi connectivity index (χ0) is 11.3. The first-order valence-electron chi connectivity index (χ1n) is 4.32. The van der Waals surface area contributed by atoms with Crippen LogP contribution in [-0.2, 0) is 0 Å². The molecule has 0 saturated heterocycles. The second-order valence-electron chi connectivity index (χ2n) is 2.90. The van der Waals surface area contributed by atoms with Gasteiger partial charge in [0.25, 0.3) is 0 Å². The fraction of sp³-hybridized carbons (Fsp3) is 0.333. The SMILES string of the molecule is COc1ccc(NC(O)C[N+](=O)[O-])cc1. The molecular formula is C9H12N2O4. The highest BCUT2D eigenvalue weighted by Crippen LogP contribution is 2.15. The molecule has 0 heterocycles. The van der Waals surface area contributed by atoms with Crippen LogP contribution in [-0.4, -0.2) is 29.9 Å². The van der Waals surface area contributed by atoms with E-state index in [2.05, 4.69) is 5.32 Å². The largest absolute Gasteiger partial charge is 0.497 e. The van der Waals surface area contributed by atoms with Gasteiger partial charge in [-0.3, -0.25) is 10.1 Å². The van der Waals surface area contributed by atoms with Crippen LogP contribution in [0.3, 0.4) is 0 Å². The van der Waals surface area contributed by atoms with Gasteiger partial charge >= 0.3 is 0 Å². The Bertz CT molecular complexity index is 325. The summed E-state index contributed by atoms with van der Waals surface area (Å²) in [5.74, 6) is 0.685. The Morgan fingerprint density at radius 3 is 2.60 bits per heavy atom. The number of hydrogen-bond donors (Lipinski definition) is 2. The number of anilines is 1. The molecule has 0 aliphatic carbocycles. The maximum absolute atomic E-state index is 10.1. The Morgan fingerprint density at radius 2 is 2.13 bits per heavy atom. The number of nitro groups is 1. The van der Waals surface area contributed by atoms with Crippen molar-refractivity contribution in [1.29, 1.82) is 0 Å². The lowest BCUT2D eigenvalue weighted by Crippen LogP contribution is -2.27. The summed E-state index contributed by atoms with van der Waals surface area (Å²) >= 11 is 0. The average Bonchev–Trinajstić information content (AvgIpc) is 2.17. The highest BCUT2D eigenvalue weighted by Gasteiger charge is 2.10. The molecular weight excluding hydrogens is 200 g/mol. The van der Waals surface area contributed by atoms with E-state index in [0.29, 0.717) is 11.4 Å². The molecule has 1 rings (SSSR count). The monoisotopic (exact) mass is 212 g/mol. The summed E-state index contributed by atoms with van der Waals surface area (Å²) in [7, 11) is 1.55. The zero-order valence-electron chi connectivity index (χ0n) is 8.21. The molecule has 1 aromatic rings. The highest BCUT2D eigenvalue weighted by molar-refractivity contribution is 5.46. The molecule has 0 aliphatic heterocycles. The minimum Gasteiger partial charge on any atom is -0.497 e. The number of aliphatic hydroxyl groups is 1. The molecule has 82 valence electrons. The third-order valence-electron chi connectivity index (χ3n) is 1.75. The van der Waals surface area contributed by atoms with Crippen molar-refractivity contribution in [2.45, 2.75) is 6.23 Å². The number of methoxy groups -OCH3 is 1. The molecule has 0 amide bonds. The normalized spacial score (nSPS) is 11.9. The number of ether oxygens (including phenoxy) is 1. The van der Waals surface area contributed by atoms with Crippen molar-refractivity contribution in [3.63, 3.8) is 0 Å². The Hall–Kier alpha value is -1.82. The fourth-order valence-electron chi connectivity index (χ4n) is 1.07. The van der Waals surface area contributed by atoms with Crippen LogP contribution in [0.4, 0.5) is 5.69 Å². The smallest absolute Gasteiger partial charge is 0.247 e. The van der Waals surface area contributed by atoms with Gasteiger partial charge in [0, 0.05) is 10.6 Å². The quantitative estimate of drug-likeness (QED) is 0.426. The van der Waals surface area contributed by atoms with E-state index in [1.807, 2.05) is 0 Å². The lowest BCUT2D eigenvalue weighted by molar-refractivity contribution is -0.488. The van der Waals surface area contributed by atoms with E-state index in [4.69, 9.17) is 4.74 Å². The van der Waals surface area contributed by atoms with Crippen molar-refractivity contribution in [3.8, 4) is 5.75 Å². The van der Waals surface area contributed by atoms with Crippen LogP contribution in [0.2, 0.25) is 0 Å². The molecule has 1 unspecified atom stereocenters. The number of nitrogens with zero attached hydrogens (tertiary/aromatic N) is 1. The van der Waals surface area contributed by atoms with Crippen molar-refractivity contribution < 1.29 is 14.8 Å². The molecule has 0 bridgehead atoms. The predicted octanol–water partition coefficient (Wildman–Crippen LogP) is 0.702. The predicted molar refractivity (Wildman–Crippen MR) is 54.5 cm³/mol. The summed E-state index contributed by atoms with van der Waals surface area (Å²) in [6, 6.07) is 6.73. The van der Waals surface area contributed by atoms with Crippen molar-refractivity contribution in [1.82, 2.24) is 0 Å². The van der Waals surface area contributed by atoms with Crippen LogP contribution in [0, 0.1) is 10.1 Å². The van der Waals surface area contributed by atoms with E-state index in [9.17, 15) is 15.2 Å². The highest BCUT2D eigenvalue weighted by atomic mass is 16.6. The summed E-state index contributed by atoms with van der Waals surface area (Å²) < 4.78 is 4.94. The Kier molecular flexibility index (Phi) is 3.87. The van der Waals surface area contributed by atoms with Gasteiger partial charge in [0.1, 0.15) is 5.75 Å². The van der Waals surface area contributed by atoms with E-state index in [0.717, 1.165) is 0 Å². The summed E-state index contributed by atoms with van der Waals surface area (Å²) in [4.78, 5) is 9.50. The molecule has 0 fully saturated rings. The number of hydrogen-bond acceptors (Lipinski definition) is 5. The second-order valence-corrected chi connectivity index (χ2v) is 2.90.